The molecule has 0 radical (unpaired) electrons. The SMILES string of the molecule is OCc1cnc(CCl)o1. The first kappa shape index (κ1) is 6.58. The van der Waals surface area contributed by atoms with E-state index in [4.69, 9.17) is 21.1 Å². The lowest BCUT2D eigenvalue weighted by Gasteiger charge is -1.82. The Labute approximate surface area is 57.3 Å². The summed E-state index contributed by atoms with van der Waals surface area (Å²) in [5, 5.41) is 8.47. The molecule has 0 spiro atoms. The van der Waals surface area contributed by atoms with E-state index in [0.717, 1.165) is 0 Å². The molecule has 0 saturated carbocycles. The zero-order valence-electron chi connectivity index (χ0n) is 4.67. The van der Waals surface area contributed by atoms with Gasteiger partial charge in [0.05, 0.1) is 12.1 Å². The van der Waals surface area contributed by atoms with Crippen molar-refractivity contribution >= 4 is 11.6 Å². The van der Waals surface area contributed by atoms with Crippen molar-refractivity contribution in [3.05, 3.63) is 17.8 Å². The zero-order chi connectivity index (χ0) is 6.69. The molecule has 1 N–H and O–H groups in total. The predicted octanol–water partition coefficient (Wildman–Crippen LogP) is 0.906. The molecule has 4 heteroatoms. The Balaban J connectivity index is 2.74. The summed E-state index contributed by atoms with van der Waals surface area (Å²) in [7, 11) is 0. The highest BCUT2D eigenvalue weighted by molar-refractivity contribution is 6.16. The molecule has 0 atom stereocenters. The van der Waals surface area contributed by atoms with E-state index in [0.29, 0.717) is 11.7 Å². The van der Waals surface area contributed by atoms with Crippen LogP contribution in [0.4, 0.5) is 0 Å². The third-order valence-electron chi connectivity index (χ3n) is 0.872. The lowest BCUT2D eigenvalue weighted by molar-refractivity contribution is 0.244. The molecule has 0 fully saturated rings. The van der Waals surface area contributed by atoms with Crippen LogP contribution in [0.25, 0.3) is 0 Å². The highest BCUT2D eigenvalue weighted by Crippen LogP contribution is 2.04. The third-order valence-corrected chi connectivity index (χ3v) is 1.10. The molecule has 1 aromatic rings. The Kier molecular flexibility index (Phi) is 2.08. The van der Waals surface area contributed by atoms with Crippen molar-refractivity contribution in [3.63, 3.8) is 0 Å². The number of oxazole rings is 1. The molecule has 0 amide bonds. The van der Waals surface area contributed by atoms with Crippen molar-refractivity contribution in [2.45, 2.75) is 12.5 Å². The van der Waals surface area contributed by atoms with Gasteiger partial charge in [-0.3, -0.25) is 0 Å². The van der Waals surface area contributed by atoms with Crippen molar-refractivity contribution in [3.8, 4) is 0 Å². The number of aromatic nitrogens is 1. The van der Waals surface area contributed by atoms with Gasteiger partial charge in [-0.1, -0.05) is 0 Å². The van der Waals surface area contributed by atoms with Crippen LogP contribution in [0.15, 0.2) is 10.6 Å². The molecule has 0 bridgehead atoms. The van der Waals surface area contributed by atoms with Crippen LogP contribution in [-0.4, -0.2) is 10.1 Å². The maximum atomic E-state index is 8.47. The number of nitrogens with zero attached hydrogens (tertiary/aromatic N) is 1. The van der Waals surface area contributed by atoms with E-state index in [-0.39, 0.29) is 12.5 Å². The average Bonchev–Trinajstić information content (AvgIpc) is 2.34. The molecule has 0 unspecified atom stereocenters. The molecule has 0 aliphatic carbocycles. The second-order valence-corrected chi connectivity index (χ2v) is 1.78. The fourth-order valence-corrected chi connectivity index (χ4v) is 0.606. The van der Waals surface area contributed by atoms with E-state index in [1.807, 2.05) is 0 Å². The summed E-state index contributed by atoms with van der Waals surface area (Å²) in [6, 6.07) is 0. The standard InChI is InChI=1S/C5H6ClNO2/c6-1-5-7-2-4(3-8)9-5/h2,8H,1,3H2. The van der Waals surface area contributed by atoms with Crippen molar-refractivity contribution in [2.24, 2.45) is 0 Å². The molecule has 0 saturated heterocycles. The van der Waals surface area contributed by atoms with Gasteiger partial charge in [0, 0.05) is 0 Å². The van der Waals surface area contributed by atoms with E-state index in [9.17, 15) is 0 Å². The summed E-state index contributed by atoms with van der Waals surface area (Å²) in [6.07, 6.45) is 1.46. The van der Waals surface area contributed by atoms with E-state index in [1.165, 1.54) is 6.20 Å². The molecule has 0 aromatic carbocycles. The minimum Gasteiger partial charge on any atom is -0.442 e. The molecule has 3 nitrogen and oxygen atoms in total. The Hall–Kier alpha value is -0.540. The van der Waals surface area contributed by atoms with Crippen LogP contribution in [0.2, 0.25) is 0 Å². The van der Waals surface area contributed by atoms with Gasteiger partial charge >= 0.3 is 0 Å². The second kappa shape index (κ2) is 2.85. The maximum Gasteiger partial charge on any atom is 0.209 e. The smallest absolute Gasteiger partial charge is 0.209 e. The second-order valence-electron chi connectivity index (χ2n) is 1.51. The summed E-state index contributed by atoms with van der Waals surface area (Å²) in [4.78, 5) is 3.75. The van der Waals surface area contributed by atoms with E-state index in [2.05, 4.69) is 4.98 Å². The molecular weight excluding hydrogens is 142 g/mol. The van der Waals surface area contributed by atoms with Crippen molar-refractivity contribution in [2.75, 3.05) is 0 Å². The van der Waals surface area contributed by atoms with Gasteiger partial charge < -0.3 is 9.52 Å². The van der Waals surface area contributed by atoms with Gasteiger partial charge in [0.2, 0.25) is 5.89 Å². The topological polar surface area (TPSA) is 46.3 Å². The minimum atomic E-state index is -0.121. The molecular formula is C5H6ClNO2. The number of hydrogen-bond donors (Lipinski definition) is 1. The first-order valence-corrected chi connectivity index (χ1v) is 3.00. The van der Waals surface area contributed by atoms with Gasteiger partial charge in [-0.15, -0.1) is 11.6 Å². The molecule has 1 rings (SSSR count). The van der Waals surface area contributed by atoms with Gasteiger partial charge in [-0.05, 0) is 0 Å². The van der Waals surface area contributed by atoms with Crippen molar-refractivity contribution in [1.82, 2.24) is 4.98 Å². The summed E-state index contributed by atoms with van der Waals surface area (Å²) < 4.78 is 4.89. The minimum absolute atomic E-state index is 0.121. The van der Waals surface area contributed by atoms with Crippen molar-refractivity contribution < 1.29 is 9.52 Å². The molecule has 1 heterocycles. The maximum absolute atomic E-state index is 8.47. The number of rotatable bonds is 2. The quantitative estimate of drug-likeness (QED) is 0.633. The Morgan fingerprint density at radius 3 is 2.89 bits per heavy atom. The molecule has 50 valence electrons. The summed E-state index contributed by atoms with van der Waals surface area (Å²) >= 11 is 5.36. The van der Waals surface area contributed by atoms with Gasteiger partial charge in [0.15, 0.2) is 0 Å². The third kappa shape index (κ3) is 1.43. The average molecular weight is 148 g/mol. The van der Waals surface area contributed by atoms with Crippen LogP contribution in [0.5, 0.6) is 0 Å². The van der Waals surface area contributed by atoms with Crippen LogP contribution in [0.3, 0.4) is 0 Å². The highest BCUT2D eigenvalue weighted by atomic mass is 35.5. The number of aliphatic hydroxyl groups excluding tert-OH is 1. The molecule has 0 aliphatic heterocycles. The lowest BCUT2D eigenvalue weighted by Crippen LogP contribution is -1.74. The summed E-state index contributed by atoms with van der Waals surface area (Å²) in [5.74, 6) is 1.14. The van der Waals surface area contributed by atoms with Crippen LogP contribution < -0.4 is 0 Å². The largest absolute Gasteiger partial charge is 0.442 e. The fourth-order valence-electron chi connectivity index (χ4n) is 0.483. The first-order chi connectivity index (χ1) is 4.36. The van der Waals surface area contributed by atoms with Gasteiger partial charge in [-0.25, -0.2) is 4.98 Å². The van der Waals surface area contributed by atoms with Crippen LogP contribution in [0, 0.1) is 0 Å². The van der Waals surface area contributed by atoms with Gasteiger partial charge in [0.1, 0.15) is 12.4 Å². The number of alkyl halides is 1. The van der Waals surface area contributed by atoms with Crippen LogP contribution >= 0.6 is 11.6 Å². The number of halogens is 1. The van der Waals surface area contributed by atoms with Crippen molar-refractivity contribution in [1.29, 1.82) is 0 Å². The summed E-state index contributed by atoms with van der Waals surface area (Å²) in [5.41, 5.74) is 0. The Bertz CT molecular complexity index is 168. The predicted molar refractivity (Wildman–Crippen MR) is 32.0 cm³/mol. The highest BCUT2D eigenvalue weighted by Gasteiger charge is 1.98. The normalized spacial score (nSPS) is 10.0. The van der Waals surface area contributed by atoms with E-state index >= 15 is 0 Å². The van der Waals surface area contributed by atoms with E-state index < -0.39 is 0 Å². The first-order valence-electron chi connectivity index (χ1n) is 2.47. The van der Waals surface area contributed by atoms with Crippen LogP contribution in [0.1, 0.15) is 11.7 Å². The Morgan fingerprint density at radius 2 is 2.56 bits per heavy atom. The summed E-state index contributed by atoms with van der Waals surface area (Å²) in [6.45, 7) is -0.121. The Morgan fingerprint density at radius 1 is 1.78 bits per heavy atom. The monoisotopic (exact) mass is 147 g/mol. The molecule has 0 aliphatic rings. The number of hydrogen-bond acceptors (Lipinski definition) is 3. The van der Waals surface area contributed by atoms with E-state index in [1.54, 1.807) is 0 Å². The lowest BCUT2D eigenvalue weighted by atomic mass is 10.6. The van der Waals surface area contributed by atoms with Gasteiger partial charge in [0.25, 0.3) is 0 Å². The fraction of sp³-hybridized carbons (Fsp3) is 0.400. The van der Waals surface area contributed by atoms with Crippen LogP contribution in [-0.2, 0) is 12.5 Å². The molecule has 9 heavy (non-hydrogen) atoms. The van der Waals surface area contributed by atoms with Gasteiger partial charge in [-0.2, -0.15) is 0 Å². The zero-order valence-corrected chi connectivity index (χ0v) is 5.43. The molecule has 1 aromatic heterocycles. The number of aliphatic hydroxyl groups is 1.